The number of hydrogen-bond acceptors (Lipinski definition) is 5. The number of benzene rings is 1. The highest BCUT2D eigenvalue weighted by molar-refractivity contribution is 9.10. The molecular weight excluding hydrogens is 402 g/mol. The van der Waals surface area contributed by atoms with Crippen LogP contribution in [0.5, 0.6) is 0 Å². The molecule has 7 heteroatoms. The highest BCUT2D eigenvalue weighted by atomic mass is 79.9. The zero-order valence-corrected chi connectivity index (χ0v) is 16.1. The lowest BCUT2D eigenvalue weighted by atomic mass is 9.89. The number of carbonyl (C=O) groups is 1. The van der Waals surface area contributed by atoms with E-state index in [2.05, 4.69) is 33.2 Å². The van der Waals surface area contributed by atoms with Crippen molar-refractivity contribution in [1.82, 2.24) is 15.0 Å². The highest BCUT2D eigenvalue weighted by Gasteiger charge is 2.24. The van der Waals surface area contributed by atoms with Gasteiger partial charge in [-0.1, -0.05) is 40.2 Å². The first kappa shape index (κ1) is 16.6. The van der Waals surface area contributed by atoms with Crippen LogP contribution in [0.15, 0.2) is 33.5 Å². The fourth-order valence-corrected chi connectivity index (χ4v) is 4.84. The predicted octanol–water partition coefficient (Wildman–Crippen LogP) is 3.62. The first-order valence-corrected chi connectivity index (χ1v) is 9.80. The monoisotopic (exact) mass is 417 g/mol. The van der Waals surface area contributed by atoms with Crippen molar-refractivity contribution in [2.75, 3.05) is 0 Å². The summed E-state index contributed by atoms with van der Waals surface area (Å²) in [6, 6.07) is 7.08. The summed E-state index contributed by atoms with van der Waals surface area (Å²) in [5, 5.41) is 8.85. The molecule has 0 bridgehead atoms. The second-order valence-electron chi connectivity index (χ2n) is 6.51. The molecule has 1 aliphatic carbocycles. The molecule has 1 unspecified atom stereocenters. The summed E-state index contributed by atoms with van der Waals surface area (Å²) in [4.78, 5) is 27.3. The van der Waals surface area contributed by atoms with Crippen LogP contribution in [-0.4, -0.2) is 20.8 Å². The second kappa shape index (κ2) is 6.46. The number of thiophene rings is 1. The molecule has 0 aliphatic heterocycles. The van der Waals surface area contributed by atoms with Crippen LogP contribution >= 0.6 is 27.3 Å². The minimum absolute atomic E-state index is 0.0928. The summed E-state index contributed by atoms with van der Waals surface area (Å²) in [5.41, 5.74) is 1.46. The summed E-state index contributed by atoms with van der Waals surface area (Å²) in [5.74, 6) is 0.482. The Kier molecular flexibility index (Phi) is 4.29. The van der Waals surface area contributed by atoms with E-state index in [0.29, 0.717) is 21.7 Å². The van der Waals surface area contributed by atoms with Gasteiger partial charge in [-0.05, 0) is 42.9 Å². The molecule has 1 aromatic carbocycles. The van der Waals surface area contributed by atoms with E-state index in [-0.39, 0.29) is 17.9 Å². The Hall–Kier alpha value is -1.86. The molecule has 3 aromatic rings. The minimum atomic E-state index is -0.206. The lowest BCUT2D eigenvalue weighted by Gasteiger charge is -2.17. The fraction of sp³-hybridized carbons (Fsp3) is 0.333. The van der Waals surface area contributed by atoms with E-state index in [1.807, 2.05) is 0 Å². The summed E-state index contributed by atoms with van der Waals surface area (Å²) >= 11 is 4.91. The van der Waals surface area contributed by atoms with Gasteiger partial charge in [0.1, 0.15) is 6.54 Å². The molecule has 4 rings (SSSR count). The molecule has 5 nitrogen and oxygen atoms in total. The molecule has 25 heavy (non-hydrogen) atoms. The molecule has 2 aromatic heterocycles. The fourth-order valence-electron chi connectivity index (χ4n) is 3.26. The van der Waals surface area contributed by atoms with Crippen LogP contribution in [0.1, 0.15) is 34.1 Å². The Balaban J connectivity index is 1.71. The smallest absolute Gasteiger partial charge is 0.279 e. The van der Waals surface area contributed by atoms with Crippen molar-refractivity contribution in [2.24, 2.45) is 5.92 Å². The highest BCUT2D eigenvalue weighted by Crippen LogP contribution is 2.35. The average Bonchev–Trinajstić information content (AvgIpc) is 2.96. The number of Topliss-reactive ketones (excluding diaryl/α,β-unsaturated/α-hetero) is 1. The molecule has 128 valence electrons. The Morgan fingerprint density at radius 1 is 1.36 bits per heavy atom. The largest absolute Gasteiger partial charge is 0.292 e. The Morgan fingerprint density at radius 3 is 2.88 bits per heavy atom. The standard InChI is InChI=1S/C18H16BrN3O2S/c1-10-2-7-13-15(8-10)25-17-16(13)18(24)22(21-20-17)9-14(23)11-3-5-12(19)6-4-11/h3-6,10H,2,7-9H2,1H3. The van der Waals surface area contributed by atoms with Gasteiger partial charge in [0.05, 0.1) is 5.39 Å². The van der Waals surface area contributed by atoms with Gasteiger partial charge in [-0.25, -0.2) is 4.68 Å². The first-order chi connectivity index (χ1) is 12.0. The van der Waals surface area contributed by atoms with Crippen molar-refractivity contribution in [3.05, 3.63) is 55.1 Å². The number of rotatable bonds is 3. The van der Waals surface area contributed by atoms with E-state index >= 15 is 0 Å². The molecule has 0 saturated carbocycles. The van der Waals surface area contributed by atoms with Gasteiger partial charge in [0.15, 0.2) is 10.6 Å². The summed E-state index contributed by atoms with van der Waals surface area (Å²) < 4.78 is 2.10. The Labute approximate surface area is 156 Å². The van der Waals surface area contributed by atoms with Gasteiger partial charge in [0.25, 0.3) is 5.56 Å². The molecule has 0 N–H and O–H groups in total. The van der Waals surface area contributed by atoms with Crippen LogP contribution in [0, 0.1) is 5.92 Å². The molecule has 0 fully saturated rings. The third-order valence-corrected chi connectivity index (χ3v) is 6.31. The molecule has 1 atom stereocenters. The van der Waals surface area contributed by atoms with Crippen molar-refractivity contribution in [3.8, 4) is 0 Å². The lowest BCUT2D eigenvalue weighted by molar-refractivity contribution is 0.0964. The van der Waals surface area contributed by atoms with Crippen LogP contribution in [-0.2, 0) is 19.4 Å². The van der Waals surface area contributed by atoms with Gasteiger partial charge < -0.3 is 0 Å². The molecule has 2 heterocycles. The number of halogens is 1. The topological polar surface area (TPSA) is 64.8 Å². The van der Waals surface area contributed by atoms with Crippen molar-refractivity contribution < 1.29 is 4.79 Å². The third kappa shape index (κ3) is 3.06. The second-order valence-corrected chi connectivity index (χ2v) is 8.51. The van der Waals surface area contributed by atoms with Crippen molar-refractivity contribution in [2.45, 2.75) is 32.7 Å². The number of ketones is 1. The average molecular weight is 418 g/mol. The van der Waals surface area contributed by atoms with Gasteiger partial charge in [-0.15, -0.1) is 16.4 Å². The van der Waals surface area contributed by atoms with E-state index in [4.69, 9.17) is 0 Å². The van der Waals surface area contributed by atoms with Crippen molar-refractivity contribution in [1.29, 1.82) is 0 Å². The molecule has 0 saturated heterocycles. The van der Waals surface area contributed by atoms with E-state index in [1.165, 1.54) is 9.56 Å². The van der Waals surface area contributed by atoms with Gasteiger partial charge in [-0.2, -0.15) is 0 Å². The maximum atomic E-state index is 12.9. The Morgan fingerprint density at radius 2 is 2.12 bits per heavy atom. The quantitative estimate of drug-likeness (QED) is 0.610. The lowest BCUT2D eigenvalue weighted by Crippen LogP contribution is -2.28. The molecule has 1 aliphatic rings. The zero-order valence-electron chi connectivity index (χ0n) is 13.7. The minimum Gasteiger partial charge on any atom is -0.292 e. The molecule has 0 spiro atoms. The number of hydrogen-bond donors (Lipinski definition) is 0. The summed E-state index contributed by atoms with van der Waals surface area (Å²) in [6.07, 6.45) is 2.98. The van der Waals surface area contributed by atoms with Crippen molar-refractivity contribution >= 4 is 43.3 Å². The molecule has 0 radical (unpaired) electrons. The van der Waals surface area contributed by atoms with Gasteiger partial charge in [-0.3, -0.25) is 9.59 Å². The van der Waals surface area contributed by atoms with Crippen LogP contribution in [0.25, 0.3) is 10.2 Å². The van der Waals surface area contributed by atoms with Gasteiger partial charge in [0.2, 0.25) is 0 Å². The Bertz CT molecular complexity index is 1020. The van der Waals surface area contributed by atoms with E-state index < -0.39 is 0 Å². The van der Waals surface area contributed by atoms with Crippen LogP contribution < -0.4 is 5.56 Å². The number of aryl methyl sites for hydroxylation is 1. The van der Waals surface area contributed by atoms with Crippen LogP contribution in [0.3, 0.4) is 0 Å². The third-order valence-electron chi connectivity index (χ3n) is 4.64. The van der Waals surface area contributed by atoms with Gasteiger partial charge >= 0.3 is 0 Å². The zero-order chi connectivity index (χ0) is 17.6. The van der Waals surface area contributed by atoms with E-state index in [1.54, 1.807) is 35.6 Å². The number of nitrogens with zero attached hydrogens (tertiary/aromatic N) is 3. The summed E-state index contributed by atoms with van der Waals surface area (Å²) in [7, 11) is 0. The maximum absolute atomic E-state index is 12.9. The predicted molar refractivity (Wildman–Crippen MR) is 101 cm³/mol. The SMILES string of the molecule is CC1CCc2c(sc3nnn(CC(=O)c4ccc(Br)cc4)c(=O)c23)C1. The number of fused-ring (bicyclic) bond motifs is 3. The number of carbonyl (C=O) groups excluding carboxylic acids is 1. The normalized spacial score (nSPS) is 16.8. The number of aromatic nitrogens is 3. The van der Waals surface area contributed by atoms with Gasteiger partial charge in [0, 0.05) is 14.9 Å². The first-order valence-electron chi connectivity index (χ1n) is 8.19. The van der Waals surface area contributed by atoms with Crippen LogP contribution in [0.4, 0.5) is 0 Å². The van der Waals surface area contributed by atoms with Crippen LogP contribution in [0.2, 0.25) is 0 Å². The summed E-state index contributed by atoms with van der Waals surface area (Å²) in [6.45, 7) is 2.14. The molecule has 0 amide bonds. The molecular formula is C18H16BrN3O2S. The van der Waals surface area contributed by atoms with E-state index in [0.717, 1.165) is 29.3 Å². The van der Waals surface area contributed by atoms with E-state index in [9.17, 15) is 9.59 Å². The maximum Gasteiger partial charge on any atom is 0.279 e. The van der Waals surface area contributed by atoms with Crippen molar-refractivity contribution in [3.63, 3.8) is 0 Å².